The van der Waals surface area contributed by atoms with Gasteiger partial charge >= 0.3 is 0 Å². The van der Waals surface area contributed by atoms with Gasteiger partial charge in [-0.3, -0.25) is 0 Å². The van der Waals surface area contributed by atoms with E-state index in [1.54, 1.807) is 6.42 Å². The minimum Gasteiger partial charge on any atom is -0.378 e. The maximum absolute atomic E-state index is 6.49. The first-order valence-electron chi connectivity index (χ1n) is 16.9. The molecule has 0 spiro atoms. The van der Waals surface area contributed by atoms with Crippen LogP contribution in [0.3, 0.4) is 0 Å². The van der Waals surface area contributed by atoms with Gasteiger partial charge in [0.1, 0.15) is 0 Å². The molecule has 4 aliphatic rings. The molecule has 0 aromatic rings. The van der Waals surface area contributed by atoms with E-state index < -0.39 is 0 Å². The van der Waals surface area contributed by atoms with Gasteiger partial charge in [0.2, 0.25) is 0 Å². The van der Waals surface area contributed by atoms with Crippen LogP contribution in [0.1, 0.15) is 157 Å². The van der Waals surface area contributed by atoms with Crippen molar-refractivity contribution in [2.45, 2.75) is 163 Å². The van der Waals surface area contributed by atoms with Crippen LogP contribution in [0.15, 0.2) is 0 Å². The van der Waals surface area contributed by atoms with E-state index in [1.807, 2.05) is 0 Å². The zero-order valence-electron chi connectivity index (χ0n) is 25.5. The van der Waals surface area contributed by atoms with Gasteiger partial charge in [-0.2, -0.15) is 0 Å². The molecule has 4 fully saturated rings. The summed E-state index contributed by atoms with van der Waals surface area (Å²) >= 11 is 0. The maximum atomic E-state index is 6.49. The second kappa shape index (κ2) is 12.9. The van der Waals surface area contributed by atoms with Gasteiger partial charge in [-0.05, 0) is 116 Å². The average Bonchev–Trinajstić information content (AvgIpc) is 3.20. The van der Waals surface area contributed by atoms with Crippen LogP contribution in [0.4, 0.5) is 0 Å². The first-order valence-corrected chi connectivity index (χ1v) is 16.9. The Morgan fingerprint density at radius 2 is 1.44 bits per heavy atom. The summed E-state index contributed by atoms with van der Waals surface area (Å²) in [6.07, 6.45) is 26.4. The molecule has 9 atom stereocenters. The summed E-state index contributed by atoms with van der Waals surface area (Å²) in [4.78, 5) is 0. The fraction of sp³-hybridized carbons (Fsp3) is 1.00. The first-order chi connectivity index (χ1) is 17.3. The average molecular weight is 501 g/mol. The van der Waals surface area contributed by atoms with E-state index in [4.69, 9.17) is 4.74 Å². The predicted molar refractivity (Wildman–Crippen MR) is 156 cm³/mol. The molecule has 210 valence electrons. The predicted octanol–water partition coefficient (Wildman–Crippen LogP) is 10.9. The normalized spacial score (nSPS) is 41.1. The molecule has 0 radical (unpaired) electrons. The summed E-state index contributed by atoms with van der Waals surface area (Å²) in [6.45, 7) is 16.2. The monoisotopic (exact) mass is 500 g/mol. The van der Waals surface area contributed by atoms with Gasteiger partial charge in [0.15, 0.2) is 0 Å². The molecule has 1 heteroatoms. The highest BCUT2D eigenvalue weighted by Gasteiger charge is 2.60. The summed E-state index contributed by atoms with van der Waals surface area (Å²) in [7, 11) is 0. The third-order valence-electron chi connectivity index (χ3n) is 12.7. The van der Waals surface area contributed by atoms with E-state index in [0.29, 0.717) is 16.9 Å². The van der Waals surface area contributed by atoms with E-state index in [1.165, 1.54) is 109 Å². The number of ether oxygens (including phenoxy) is 1. The molecule has 0 aromatic heterocycles. The molecule has 0 bridgehead atoms. The standard InChI is InChI=1S/C35H64O/c1-7-8-9-10-11-12-24-36-29-20-22-34(5)28(25-29)16-17-30-32-19-18-31(27(4)15-13-14-26(2)3)35(32,6)23-21-33(30)34/h26-33H,7-25H2,1-6H3/t27-,28?,29+,30+,31-,32+,33+,34+,35-/m1/s1. The maximum Gasteiger partial charge on any atom is 0.0578 e. The second-order valence-corrected chi connectivity index (χ2v) is 15.2. The molecule has 0 saturated heterocycles. The summed E-state index contributed by atoms with van der Waals surface area (Å²) in [5, 5.41) is 0. The Morgan fingerprint density at radius 3 is 2.22 bits per heavy atom. The highest BCUT2D eigenvalue weighted by molar-refractivity contribution is 5.09. The topological polar surface area (TPSA) is 9.23 Å². The minimum atomic E-state index is 0.562. The molecule has 1 nitrogen and oxygen atoms in total. The van der Waals surface area contributed by atoms with E-state index in [9.17, 15) is 0 Å². The third-order valence-corrected chi connectivity index (χ3v) is 12.7. The Kier molecular flexibility index (Phi) is 10.4. The number of unbranched alkanes of at least 4 members (excludes halogenated alkanes) is 5. The SMILES string of the molecule is CCCCCCCCO[C@H]1CC[C@@]2(C)C(CC[C@H]3[C@@H]4CC[C@H]([C@H](C)CCCC(C)C)[C@@]4(C)CC[C@@H]32)C1. The fourth-order valence-corrected chi connectivity index (χ4v) is 10.5. The van der Waals surface area contributed by atoms with Crippen molar-refractivity contribution in [3.8, 4) is 0 Å². The van der Waals surface area contributed by atoms with Crippen LogP contribution >= 0.6 is 0 Å². The Labute approximate surface area is 226 Å². The van der Waals surface area contributed by atoms with Gasteiger partial charge in [0.25, 0.3) is 0 Å². The molecular formula is C35H64O. The van der Waals surface area contributed by atoms with E-state index in [0.717, 1.165) is 48.0 Å². The molecule has 0 aliphatic heterocycles. The Balaban J connectivity index is 1.28. The van der Waals surface area contributed by atoms with E-state index in [-0.39, 0.29) is 0 Å². The van der Waals surface area contributed by atoms with Crippen LogP contribution in [0.2, 0.25) is 0 Å². The van der Waals surface area contributed by atoms with Crippen molar-refractivity contribution in [2.75, 3.05) is 6.61 Å². The molecule has 1 unspecified atom stereocenters. The van der Waals surface area contributed by atoms with Gasteiger partial charge in [0.05, 0.1) is 6.10 Å². The molecule has 4 rings (SSSR count). The van der Waals surface area contributed by atoms with Gasteiger partial charge in [-0.15, -0.1) is 0 Å². The third kappa shape index (κ3) is 6.23. The highest BCUT2D eigenvalue weighted by Crippen LogP contribution is 2.68. The Morgan fingerprint density at radius 1 is 0.722 bits per heavy atom. The van der Waals surface area contributed by atoms with Crippen LogP contribution in [0, 0.1) is 52.3 Å². The molecule has 0 heterocycles. The lowest BCUT2D eigenvalue weighted by Gasteiger charge is -2.61. The lowest BCUT2D eigenvalue weighted by Crippen LogP contribution is -2.54. The van der Waals surface area contributed by atoms with Gasteiger partial charge in [-0.25, -0.2) is 0 Å². The largest absolute Gasteiger partial charge is 0.378 e. The second-order valence-electron chi connectivity index (χ2n) is 15.2. The van der Waals surface area contributed by atoms with Crippen molar-refractivity contribution >= 4 is 0 Å². The van der Waals surface area contributed by atoms with Crippen molar-refractivity contribution < 1.29 is 4.74 Å². The molecule has 4 aliphatic carbocycles. The van der Waals surface area contributed by atoms with Gasteiger partial charge in [0, 0.05) is 6.61 Å². The van der Waals surface area contributed by atoms with Crippen molar-refractivity contribution in [2.24, 2.45) is 52.3 Å². The van der Waals surface area contributed by atoms with Gasteiger partial charge < -0.3 is 4.74 Å². The van der Waals surface area contributed by atoms with E-state index >= 15 is 0 Å². The zero-order chi connectivity index (χ0) is 25.8. The van der Waals surface area contributed by atoms with Gasteiger partial charge in [-0.1, -0.05) is 92.9 Å². The van der Waals surface area contributed by atoms with Crippen LogP contribution in [0.5, 0.6) is 0 Å². The number of hydrogen-bond donors (Lipinski definition) is 0. The summed E-state index contributed by atoms with van der Waals surface area (Å²) in [5.74, 6) is 6.77. The molecule has 0 N–H and O–H groups in total. The summed E-state index contributed by atoms with van der Waals surface area (Å²) in [6, 6.07) is 0. The molecule has 0 aromatic carbocycles. The van der Waals surface area contributed by atoms with Crippen LogP contribution < -0.4 is 0 Å². The Hall–Kier alpha value is -0.0400. The summed E-state index contributed by atoms with van der Waals surface area (Å²) < 4.78 is 6.49. The molecular weight excluding hydrogens is 436 g/mol. The number of rotatable bonds is 13. The lowest BCUT2D eigenvalue weighted by atomic mass is 9.44. The number of fused-ring (bicyclic) bond motifs is 5. The van der Waals surface area contributed by atoms with Crippen LogP contribution in [-0.2, 0) is 4.74 Å². The highest BCUT2D eigenvalue weighted by atomic mass is 16.5. The smallest absolute Gasteiger partial charge is 0.0578 e. The van der Waals surface area contributed by atoms with Crippen LogP contribution in [0.25, 0.3) is 0 Å². The van der Waals surface area contributed by atoms with Crippen molar-refractivity contribution in [1.82, 2.24) is 0 Å². The first kappa shape index (κ1) is 29.0. The van der Waals surface area contributed by atoms with Crippen molar-refractivity contribution in [3.05, 3.63) is 0 Å². The minimum absolute atomic E-state index is 0.562. The summed E-state index contributed by atoms with van der Waals surface area (Å²) in [5.41, 5.74) is 1.24. The lowest BCUT2D eigenvalue weighted by molar-refractivity contribution is -0.136. The Bertz CT molecular complexity index is 655. The number of hydrogen-bond acceptors (Lipinski definition) is 1. The molecule has 36 heavy (non-hydrogen) atoms. The van der Waals surface area contributed by atoms with Crippen molar-refractivity contribution in [3.63, 3.8) is 0 Å². The van der Waals surface area contributed by atoms with Crippen molar-refractivity contribution in [1.29, 1.82) is 0 Å². The van der Waals surface area contributed by atoms with Crippen LogP contribution in [-0.4, -0.2) is 12.7 Å². The van der Waals surface area contributed by atoms with E-state index in [2.05, 4.69) is 41.5 Å². The molecule has 0 amide bonds. The fourth-order valence-electron chi connectivity index (χ4n) is 10.5. The molecule has 4 saturated carbocycles. The zero-order valence-corrected chi connectivity index (χ0v) is 25.5. The quantitative estimate of drug-likeness (QED) is 0.228.